The SMILES string of the molecule is CCOc1cc(/C=C(\C#N)C(=O)c2sccc2C)cc(Cl)c1OC. The number of ether oxygens (including phenoxy) is 2. The van der Waals surface area contributed by atoms with Crippen LogP contribution in [0, 0.1) is 18.3 Å². The van der Waals surface area contributed by atoms with Crippen molar-refractivity contribution >= 4 is 34.8 Å². The standard InChI is InChI=1S/C18H16ClNO3S/c1-4-23-15-9-12(8-14(19)17(15)22-3)7-13(10-20)16(21)18-11(2)5-6-24-18/h5-9H,4H2,1-3H3/b13-7+. The molecule has 2 aromatic rings. The molecule has 124 valence electrons. The minimum Gasteiger partial charge on any atom is -0.491 e. The Morgan fingerprint density at radius 1 is 1.46 bits per heavy atom. The number of hydrogen-bond donors (Lipinski definition) is 0. The zero-order chi connectivity index (χ0) is 17.7. The second-order valence-electron chi connectivity index (χ2n) is 4.90. The Morgan fingerprint density at radius 3 is 2.75 bits per heavy atom. The normalized spacial score (nSPS) is 11.0. The van der Waals surface area contributed by atoms with Gasteiger partial charge in [-0.05, 0) is 54.6 Å². The molecule has 0 unspecified atom stereocenters. The first-order valence-electron chi connectivity index (χ1n) is 7.22. The van der Waals surface area contributed by atoms with E-state index in [9.17, 15) is 10.1 Å². The van der Waals surface area contributed by atoms with Gasteiger partial charge in [-0.3, -0.25) is 4.79 Å². The van der Waals surface area contributed by atoms with Crippen LogP contribution in [0.4, 0.5) is 0 Å². The van der Waals surface area contributed by atoms with Gasteiger partial charge in [0.25, 0.3) is 0 Å². The molecule has 0 aliphatic rings. The van der Waals surface area contributed by atoms with Crippen molar-refractivity contribution in [1.82, 2.24) is 0 Å². The van der Waals surface area contributed by atoms with E-state index in [-0.39, 0.29) is 11.4 Å². The second-order valence-corrected chi connectivity index (χ2v) is 6.22. The summed E-state index contributed by atoms with van der Waals surface area (Å²) in [5, 5.41) is 11.5. The molecule has 0 aliphatic carbocycles. The van der Waals surface area contributed by atoms with Gasteiger partial charge in [0.05, 0.1) is 23.6 Å². The Balaban J connectivity index is 2.46. The molecular formula is C18H16ClNO3S. The first kappa shape index (κ1) is 18.1. The van der Waals surface area contributed by atoms with Crippen molar-refractivity contribution in [2.45, 2.75) is 13.8 Å². The summed E-state index contributed by atoms with van der Waals surface area (Å²) in [4.78, 5) is 13.1. The zero-order valence-electron chi connectivity index (χ0n) is 13.6. The molecule has 24 heavy (non-hydrogen) atoms. The number of thiophene rings is 1. The Morgan fingerprint density at radius 2 is 2.21 bits per heavy atom. The number of carbonyl (C=O) groups excluding carboxylic acids is 1. The zero-order valence-corrected chi connectivity index (χ0v) is 15.1. The molecule has 6 heteroatoms. The van der Waals surface area contributed by atoms with Crippen LogP contribution in [0.15, 0.2) is 29.2 Å². The largest absolute Gasteiger partial charge is 0.491 e. The molecule has 0 saturated heterocycles. The number of nitrogens with zero attached hydrogens (tertiary/aromatic N) is 1. The molecule has 4 nitrogen and oxygen atoms in total. The molecular weight excluding hydrogens is 346 g/mol. The van der Waals surface area contributed by atoms with Crippen molar-refractivity contribution < 1.29 is 14.3 Å². The van der Waals surface area contributed by atoms with E-state index in [1.165, 1.54) is 24.5 Å². The van der Waals surface area contributed by atoms with Crippen molar-refractivity contribution in [1.29, 1.82) is 5.26 Å². The van der Waals surface area contributed by atoms with E-state index in [0.29, 0.717) is 33.6 Å². The Kier molecular flexibility index (Phi) is 6.02. The summed E-state index contributed by atoms with van der Waals surface area (Å²) in [7, 11) is 1.50. The summed E-state index contributed by atoms with van der Waals surface area (Å²) < 4.78 is 10.7. The molecule has 1 heterocycles. The highest BCUT2D eigenvalue weighted by Gasteiger charge is 2.17. The van der Waals surface area contributed by atoms with Crippen molar-refractivity contribution in [3.63, 3.8) is 0 Å². The van der Waals surface area contributed by atoms with Gasteiger partial charge in [-0.25, -0.2) is 0 Å². The minimum absolute atomic E-state index is 0.0456. The van der Waals surface area contributed by atoms with Crippen LogP contribution in [0.3, 0.4) is 0 Å². The van der Waals surface area contributed by atoms with Gasteiger partial charge in [0.2, 0.25) is 5.78 Å². The first-order chi connectivity index (χ1) is 11.5. The predicted molar refractivity (Wildman–Crippen MR) is 96.1 cm³/mol. The van der Waals surface area contributed by atoms with Gasteiger partial charge in [0, 0.05) is 0 Å². The van der Waals surface area contributed by atoms with Crippen LogP contribution in [0.5, 0.6) is 11.5 Å². The summed E-state index contributed by atoms with van der Waals surface area (Å²) in [6.07, 6.45) is 1.51. The van der Waals surface area contributed by atoms with Gasteiger partial charge in [0.1, 0.15) is 11.6 Å². The number of ketones is 1. The van der Waals surface area contributed by atoms with Gasteiger partial charge in [0.15, 0.2) is 11.5 Å². The van der Waals surface area contributed by atoms with Crippen molar-refractivity contribution in [3.8, 4) is 17.6 Å². The van der Waals surface area contributed by atoms with Gasteiger partial charge >= 0.3 is 0 Å². The molecule has 0 amide bonds. The van der Waals surface area contributed by atoms with Crippen molar-refractivity contribution in [2.75, 3.05) is 13.7 Å². The van der Waals surface area contributed by atoms with E-state index in [4.69, 9.17) is 21.1 Å². The smallest absolute Gasteiger partial charge is 0.213 e. The van der Waals surface area contributed by atoms with E-state index in [1.54, 1.807) is 12.1 Å². The van der Waals surface area contributed by atoms with E-state index in [1.807, 2.05) is 31.4 Å². The second kappa shape index (κ2) is 8.00. The third-order valence-corrected chi connectivity index (χ3v) is 4.58. The lowest BCUT2D eigenvalue weighted by molar-refractivity contribution is 0.104. The Bertz CT molecular complexity index is 833. The number of rotatable bonds is 6. The lowest BCUT2D eigenvalue weighted by Crippen LogP contribution is -2.01. The van der Waals surface area contributed by atoms with Crippen LogP contribution in [-0.2, 0) is 0 Å². The fraction of sp³-hybridized carbons (Fsp3) is 0.222. The molecule has 0 N–H and O–H groups in total. The summed E-state index contributed by atoms with van der Waals surface area (Å²) >= 11 is 7.52. The lowest BCUT2D eigenvalue weighted by atomic mass is 10.0. The topological polar surface area (TPSA) is 59.3 Å². The maximum Gasteiger partial charge on any atom is 0.213 e. The van der Waals surface area contributed by atoms with Crippen LogP contribution in [0.25, 0.3) is 6.08 Å². The number of allylic oxidation sites excluding steroid dienone is 1. The van der Waals surface area contributed by atoms with Crippen LogP contribution in [0.1, 0.15) is 27.7 Å². The number of Topliss-reactive ketones (excluding diaryl/α,β-unsaturated/α-hetero) is 1. The van der Waals surface area contributed by atoms with E-state index in [2.05, 4.69) is 0 Å². The summed E-state index contributed by atoms with van der Waals surface area (Å²) in [5.41, 5.74) is 1.50. The molecule has 0 atom stereocenters. The van der Waals surface area contributed by atoms with Crippen molar-refractivity contribution in [3.05, 3.63) is 50.2 Å². The fourth-order valence-corrected chi connectivity index (χ4v) is 3.35. The van der Waals surface area contributed by atoms with Crippen LogP contribution in [0.2, 0.25) is 5.02 Å². The fourth-order valence-electron chi connectivity index (χ4n) is 2.18. The third-order valence-electron chi connectivity index (χ3n) is 3.28. The first-order valence-corrected chi connectivity index (χ1v) is 8.48. The summed E-state index contributed by atoms with van der Waals surface area (Å²) in [5.74, 6) is 0.597. The van der Waals surface area contributed by atoms with Crippen LogP contribution >= 0.6 is 22.9 Å². The quantitative estimate of drug-likeness (QED) is 0.417. The van der Waals surface area contributed by atoms with E-state index in [0.717, 1.165) is 5.56 Å². The van der Waals surface area contributed by atoms with Crippen LogP contribution in [-0.4, -0.2) is 19.5 Å². The van der Waals surface area contributed by atoms with Gasteiger partial charge in [-0.2, -0.15) is 5.26 Å². The maximum absolute atomic E-state index is 12.5. The molecule has 0 spiro atoms. The van der Waals surface area contributed by atoms with E-state index < -0.39 is 0 Å². The number of benzene rings is 1. The highest BCUT2D eigenvalue weighted by molar-refractivity contribution is 7.12. The molecule has 0 bridgehead atoms. The van der Waals surface area contributed by atoms with Gasteiger partial charge in [-0.1, -0.05) is 11.6 Å². The predicted octanol–water partition coefficient (Wildman–Crippen LogP) is 4.91. The summed E-state index contributed by atoms with van der Waals surface area (Å²) in [6, 6.07) is 7.15. The number of halogens is 1. The molecule has 1 aromatic heterocycles. The highest BCUT2D eigenvalue weighted by atomic mass is 35.5. The molecule has 0 fully saturated rings. The average Bonchev–Trinajstić information content (AvgIpc) is 2.98. The molecule has 1 aromatic carbocycles. The number of methoxy groups -OCH3 is 1. The molecule has 0 radical (unpaired) electrons. The third kappa shape index (κ3) is 3.78. The maximum atomic E-state index is 12.5. The number of nitriles is 1. The monoisotopic (exact) mass is 361 g/mol. The van der Waals surface area contributed by atoms with Gasteiger partial charge < -0.3 is 9.47 Å². The number of hydrogen-bond acceptors (Lipinski definition) is 5. The number of aryl methyl sites for hydroxylation is 1. The Hall–Kier alpha value is -2.29. The minimum atomic E-state index is -0.296. The number of carbonyl (C=O) groups is 1. The molecule has 2 rings (SSSR count). The summed E-state index contributed by atoms with van der Waals surface area (Å²) in [6.45, 7) is 4.13. The average molecular weight is 362 g/mol. The van der Waals surface area contributed by atoms with Gasteiger partial charge in [-0.15, -0.1) is 11.3 Å². The highest BCUT2D eigenvalue weighted by Crippen LogP contribution is 2.37. The van der Waals surface area contributed by atoms with E-state index >= 15 is 0 Å². The lowest BCUT2D eigenvalue weighted by Gasteiger charge is -2.12. The molecule has 0 aliphatic heterocycles. The molecule has 0 saturated carbocycles. The van der Waals surface area contributed by atoms with Crippen molar-refractivity contribution in [2.24, 2.45) is 0 Å². The Labute approximate surface area is 149 Å². The van der Waals surface area contributed by atoms with Crippen LogP contribution < -0.4 is 9.47 Å².